The van der Waals surface area contributed by atoms with Crippen LogP contribution in [-0.4, -0.2) is 34.5 Å². The van der Waals surface area contributed by atoms with Crippen LogP contribution in [0.1, 0.15) is 5.56 Å². The van der Waals surface area contributed by atoms with Gasteiger partial charge >= 0.3 is 5.97 Å². The maximum atomic E-state index is 10.9. The van der Waals surface area contributed by atoms with Crippen LogP contribution < -0.4 is 0 Å². The van der Waals surface area contributed by atoms with Crippen LogP contribution in [0.4, 0.5) is 0 Å². The summed E-state index contributed by atoms with van der Waals surface area (Å²) in [6, 6.07) is 0. The second kappa shape index (κ2) is 4.49. The number of rotatable bonds is 3. The number of aromatic nitrogens is 2. The van der Waals surface area contributed by atoms with Crippen molar-refractivity contribution in [3.63, 3.8) is 0 Å². The molecule has 0 amide bonds. The third-order valence-electron chi connectivity index (χ3n) is 2.23. The van der Waals surface area contributed by atoms with Crippen LogP contribution in [-0.2, 0) is 16.1 Å². The van der Waals surface area contributed by atoms with Gasteiger partial charge in [-0.15, -0.1) is 0 Å². The lowest BCUT2D eigenvalue weighted by atomic mass is 10.3. The van der Waals surface area contributed by atoms with Crippen LogP contribution in [0.2, 0.25) is 5.28 Å². The van der Waals surface area contributed by atoms with E-state index in [1.807, 2.05) is 11.9 Å². The predicted octanol–water partition coefficient (Wildman–Crippen LogP) is 1.00. The second-order valence-electron chi connectivity index (χ2n) is 3.46. The van der Waals surface area contributed by atoms with Crippen LogP contribution in [0, 0.1) is 0 Å². The monoisotopic (exact) mass is 239 g/mol. The van der Waals surface area contributed by atoms with Gasteiger partial charge in [0.15, 0.2) is 0 Å². The lowest BCUT2D eigenvalue weighted by Gasteiger charge is -2.18. The molecule has 0 aromatic carbocycles. The number of hydrogen-bond donors (Lipinski definition) is 0. The van der Waals surface area contributed by atoms with Crippen molar-refractivity contribution in [3.05, 3.63) is 35.0 Å². The van der Waals surface area contributed by atoms with Gasteiger partial charge in [0.2, 0.25) is 5.28 Å². The van der Waals surface area contributed by atoms with E-state index in [1.54, 1.807) is 12.4 Å². The van der Waals surface area contributed by atoms with Crippen molar-refractivity contribution in [2.45, 2.75) is 6.54 Å². The summed E-state index contributed by atoms with van der Waals surface area (Å²) in [5.74, 6) is -0.297. The molecule has 0 spiro atoms. The van der Waals surface area contributed by atoms with Gasteiger partial charge in [-0.25, -0.2) is 14.8 Å². The molecule has 16 heavy (non-hydrogen) atoms. The highest BCUT2D eigenvalue weighted by molar-refractivity contribution is 6.28. The van der Waals surface area contributed by atoms with Crippen molar-refractivity contribution >= 4 is 17.6 Å². The smallest absolute Gasteiger partial charge is 0.333 e. The SMILES string of the molecule is CN(Cc1cnc(Cl)nc1)C1=CC(=O)OC1. The molecule has 1 aromatic rings. The van der Waals surface area contributed by atoms with E-state index in [4.69, 9.17) is 16.3 Å². The Labute approximate surface area is 97.7 Å². The maximum Gasteiger partial charge on any atom is 0.333 e. The van der Waals surface area contributed by atoms with Crippen LogP contribution in [0.25, 0.3) is 0 Å². The van der Waals surface area contributed by atoms with E-state index in [1.165, 1.54) is 6.08 Å². The molecule has 0 atom stereocenters. The Morgan fingerprint density at radius 2 is 2.19 bits per heavy atom. The zero-order valence-corrected chi connectivity index (χ0v) is 9.44. The fourth-order valence-corrected chi connectivity index (χ4v) is 1.48. The molecule has 1 aliphatic rings. The van der Waals surface area contributed by atoms with Crippen molar-refractivity contribution in [3.8, 4) is 0 Å². The van der Waals surface area contributed by atoms with Crippen LogP contribution in [0.3, 0.4) is 0 Å². The molecule has 0 aliphatic carbocycles. The number of hydrogen-bond acceptors (Lipinski definition) is 5. The first-order chi connectivity index (χ1) is 7.65. The summed E-state index contributed by atoms with van der Waals surface area (Å²) < 4.78 is 4.82. The summed E-state index contributed by atoms with van der Waals surface area (Å²) in [6.07, 6.45) is 4.80. The van der Waals surface area contributed by atoms with Crippen molar-refractivity contribution in [2.24, 2.45) is 0 Å². The van der Waals surface area contributed by atoms with E-state index in [0.717, 1.165) is 11.3 Å². The standard InChI is InChI=1S/C10H10ClN3O2/c1-14(8-2-9(15)16-6-8)5-7-3-12-10(11)13-4-7/h2-4H,5-6H2,1H3. The largest absolute Gasteiger partial charge is 0.456 e. The molecule has 6 heteroatoms. The van der Waals surface area contributed by atoms with E-state index in [0.29, 0.717) is 13.2 Å². The Balaban J connectivity index is 2.02. The lowest BCUT2D eigenvalue weighted by molar-refractivity contribution is -0.135. The topological polar surface area (TPSA) is 55.3 Å². The summed E-state index contributed by atoms with van der Waals surface area (Å²) in [5, 5.41) is 0.227. The number of carbonyl (C=O) groups is 1. The maximum absolute atomic E-state index is 10.9. The number of nitrogens with zero attached hydrogens (tertiary/aromatic N) is 3. The van der Waals surface area contributed by atoms with Gasteiger partial charge in [-0.2, -0.15) is 0 Å². The molecule has 84 valence electrons. The van der Waals surface area contributed by atoms with Gasteiger partial charge in [0, 0.05) is 37.6 Å². The van der Waals surface area contributed by atoms with Crippen molar-refractivity contribution in [1.82, 2.24) is 14.9 Å². The van der Waals surface area contributed by atoms with Gasteiger partial charge in [-0.3, -0.25) is 0 Å². The Kier molecular flexibility index (Phi) is 3.05. The van der Waals surface area contributed by atoms with Crippen LogP contribution in [0.5, 0.6) is 0 Å². The fourth-order valence-electron chi connectivity index (χ4n) is 1.38. The van der Waals surface area contributed by atoms with E-state index in [2.05, 4.69) is 9.97 Å². The molecule has 0 unspecified atom stereocenters. The summed E-state index contributed by atoms with van der Waals surface area (Å²) >= 11 is 5.58. The summed E-state index contributed by atoms with van der Waals surface area (Å²) in [6.45, 7) is 0.934. The van der Waals surface area contributed by atoms with Crippen molar-refractivity contribution in [1.29, 1.82) is 0 Å². The second-order valence-corrected chi connectivity index (χ2v) is 3.80. The predicted molar refractivity (Wildman–Crippen MR) is 57.6 cm³/mol. The average Bonchev–Trinajstić information content (AvgIpc) is 2.68. The zero-order chi connectivity index (χ0) is 11.5. The highest BCUT2D eigenvalue weighted by Crippen LogP contribution is 2.13. The molecule has 0 saturated carbocycles. The van der Waals surface area contributed by atoms with E-state index in [9.17, 15) is 4.79 Å². The summed E-state index contributed by atoms with van der Waals surface area (Å²) in [4.78, 5) is 20.6. The van der Waals surface area contributed by atoms with E-state index < -0.39 is 0 Å². The first-order valence-corrected chi connectivity index (χ1v) is 5.08. The normalized spacial score (nSPS) is 14.6. The van der Waals surface area contributed by atoms with Crippen molar-refractivity contribution < 1.29 is 9.53 Å². The Morgan fingerprint density at radius 1 is 1.50 bits per heavy atom. The molecule has 0 saturated heterocycles. The lowest BCUT2D eigenvalue weighted by Crippen LogP contribution is -2.18. The summed E-state index contributed by atoms with van der Waals surface area (Å²) in [5.41, 5.74) is 1.77. The molecule has 1 aromatic heterocycles. The minimum atomic E-state index is -0.297. The molecular weight excluding hydrogens is 230 g/mol. The quantitative estimate of drug-likeness (QED) is 0.582. The van der Waals surface area contributed by atoms with Crippen LogP contribution in [0.15, 0.2) is 24.2 Å². The van der Waals surface area contributed by atoms with Gasteiger partial charge < -0.3 is 9.64 Å². The highest BCUT2D eigenvalue weighted by Gasteiger charge is 2.16. The molecule has 2 rings (SSSR count). The third kappa shape index (κ3) is 2.49. The number of cyclic esters (lactones) is 1. The van der Waals surface area contributed by atoms with Gasteiger partial charge in [0.05, 0.1) is 5.70 Å². The Bertz CT molecular complexity index is 430. The first-order valence-electron chi connectivity index (χ1n) is 4.70. The molecule has 0 fully saturated rings. The minimum Gasteiger partial charge on any atom is -0.456 e. The molecule has 0 bridgehead atoms. The van der Waals surface area contributed by atoms with Crippen LogP contribution >= 0.6 is 11.6 Å². The molecule has 0 N–H and O–H groups in total. The number of carbonyl (C=O) groups excluding carboxylic acids is 1. The molecular formula is C10H10ClN3O2. The molecule has 5 nitrogen and oxygen atoms in total. The minimum absolute atomic E-state index is 0.227. The van der Waals surface area contributed by atoms with Crippen molar-refractivity contribution in [2.75, 3.05) is 13.7 Å². The van der Waals surface area contributed by atoms with Gasteiger partial charge in [-0.05, 0) is 11.6 Å². The van der Waals surface area contributed by atoms with E-state index in [-0.39, 0.29) is 11.3 Å². The molecule has 1 aliphatic heterocycles. The summed E-state index contributed by atoms with van der Waals surface area (Å²) in [7, 11) is 1.88. The molecule has 2 heterocycles. The fraction of sp³-hybridized carbons (Fsp3) is 0.300. The number of esters is 1. The number of ether oxygens (including phenoxy) is 1. The van der Waals surface area contributed by atoms with Gasteiger partial charge in [-0.1, -0.05) is 0 Å². The molecule has 0 radical (unpaired) electrons. The Morgan fingerprint density at radius 3 is 2.75 bits per heavy atom. The first kappa shape index (κ1) is 10.9. The Hall–Kier alpha value is -1.62. The third-order valence-corrected chi connectivity index (χ3v) is 2.43. The van der Waals surface area contributed by atoms with Gasteiger partial charge in [0.25, 0.3) is 0 Å². The highest BCUT2D eigenvalue weighted by atomic mass is 35.5. The zero-order valence-electron chi connectivity index (χ0n) is 8.68. The van der Waals surface area contributed by atoms with E-state index >= 15 is 0 Å². The average molecular weight is 240 g/mol. The van der Waals surface area contributed by atoms with Gasteiger partial charge in [0.1, 0.15) is 6.61 Å². The number of halogens is 1. The number of likely N-dealkylation sites (N-methyl/N-ethyl adjacent to an activating group) is 1.